The topological polar surface area (TPSA) is 118 Å². The summed E-state index contributed by atoms with van der Waals surface area (Å²) in [5.41, 5.74) is 0.270. The minimum atomic E-state index is -3.35. The molecular formula is C25H26F4N6O3S. The number of alkyl halides is 2. The molecule has 3 N–H and O–H groups in total. The Balaban J connectivity index is 1.41. The van der Waals surface area contributed by atoms with Crippen molar-refractivity contribution in [3.63, 3.8) is 0 Å². The van der Waals surface area contributed by atoms with Gasteiger partial charge in [-0.15, -0.1) is 0 Å². The maximum Gasteiger partial charge on any atom is 0.252 e. The lowest BCUT2D eigenvalue weighted by atomic mass is 9.74. The molecule has 3 heterocycles. The molecule has 1 aliphatic carbocycles. The molecule has 3 atom stereocenters. The van der Waals surface area contributed by atoms with Crippen LogP contribution in [0.25, 0.3) is 11.3 Å². The molecular weight excluding hydrogens is 540 g/mol. The van der Waals surface area contributed by atoms with Gasteiger partial charge in [0.2, 0.25) is 28.5 Å². The highest BCUT2D eigenvalue weighted by Gasteiger charge is 2.53. The van der Waals surface area contributed by atoms with E-state index in [0.29, 0.717) is 17.2 Å². The first-order valence-electron chi connectivity index (χ1n) is 12.4. The number of rotatable bonds is 9. The van der Waals surface area contributed by atoms with Gasteiger partial charge in [-0.1, -0.05) is 6.07 Å². The summed E-state index contributed by atoms with van der Waals surface area (Å²) in [4.78, 5) is 12.9. The summed E-state index contributed by atoms with van der Waals surface area (Å²) in [5, 5.41) is 6.57. The predicted molar refractivity (Wildman–Crippen MR) is 135 cm³/mol. The van der Waals surface area contributed by atoms with Crippen molar-refractivity contribution >= 4 is 16.8 Å². The third-order valence-corrected chi connectivity index (χ3v) is 7.42. The van der Waals surface area contributed by atoms with Crippen LogP contribution in [0.3, 0.4) is 0 Å². The Morgan fingerprint density at radius 2 is 1.92 bits per heavy atom. The molecule has 1 aliphatic heterocycles. The molecule has 0 radical (unpaired) electrons. The molecule has 9 nitrogen and oxygen atoms in total. The van der Waals surface area contributed by atoms with Gasteiger partial charge in [-0.3, -0.25) is 0 Å². The number of hydrogen-bond acceptors (Lipinski definition) is 8. The van der Waals surface area contributed by atoms with Gasteiger partial charge in [0.05, 0.1) is 17.3 Å². The van der Waals surface area contributed by atoms with Crippen LogP contribution in [-0.4, -0.2) is 48.4 Å². The molecule has 3 aromatic rings. The fourth-order valence-electron chi connectivity index (χ4n) is 4.80. The third kappa shape index (κ3) is 5.97. The molecule has 1 aromatic carbocycles. The number of pyridine rings is 1. The van der Waals surface area contributed by atoms with Crippen molar-refractivity contribution in [2.24, 2.45) is 5.92 Å². The average molecular weight is 567 g/mol. The summed E-state index contributed by atoms with van der Waals surface area (Å²) in [6.07, 6.45) is 4.43. The second-order valence-corrected chi connectivity index (χ2v) is 10.2. The zero-order valence-corrected chi connectivity index (χ0v) is 21.4. The van der Waals surface area contributed by atoms with Gasteiger partial charge in [-0.05, 0) is 50.1 Å². The first-order valence-corrected chi connectivity index (χ1v) is 13.6. The normalized spacial score (nSPS) is 21.3. The Hall–Kier alpha value is -3.36. The number of aromatic nitrogens is 3. The molecule has 1 saturated carbocycles. The number of hydrogen-bond donors (Lipinski definition) is 4. The minimum Gasteiger partial charge on any atom is -0.435 e. The summed E-state index contributed by atoms with van der Waals surface area (Å²) in [6, 6.07) is 5.50. The van der Waals surface area contributed by atoms with Crippen molar-refractivity contribution in [2.75, 3.05) is 18.4 Å². The quantitative estimate of drug-likeness (QED) is 0.227. The van der Waals surface area contributed by atoms with Crippen molar-refractivity contribution in [3.8, 4) is 22.9 Å². The zero-order chi connectivity index (χ0) is 27.6. The zero-order valence-electron chi connectivity index (χ0n) is 20.5. The Labute approximate surface area is 223 Å². The second kappa shape index (κ2) is 11.4. The van der Waals surface area contributed by atoms with E-state index in [-0.39, 0.29) is 18.3 Å². The first kappa shape index (κ1) is 27.2. The third-order valence-electron chi connectivity index (χ3n) is 6.93. The van der Waals surface area contributed by atoms with Crippen LogP contribution in [0.1, 0.15) is 37.3 Å². The average Bonchev–Trinajstić information content (AvgIpc) is 2.91. The van der Waals surface area contributed by atoms with Crippen LogP contribution >= 0.6 is 0 Å². The molecule has 2 aliphatic rings. The van der Waals surface area contributed by atoms with Crippen LogP contribution in [0, 0.1) is 17.6 Å². The summed E-state index contributed by atoms with van der Waals surface area (Å²) in [5.74, 6) is -7.90. The number of benzene rings is 1. The van der Waals surface area contributed by atoms with Crippen LogP contribution < -0.4 is 20.1 Å². The van der Waals surface area contributed by atoms with Crippen molar-refractivity contribution in [1.82, 2.24) is 25.0 Å². The van der Waals surface area contributed by atoms with Crippen molar-refractivity contribution in [1.29, 1.82) is 0 Å². The number of anilines is 1. The molecule has 2 aromatic heterocycles. The molecule has 0 amide bonds. The van der Waals surface area contributed by atoms with Crippen molar-refractivity contribution in [3.05, 3.63) is 59.9 Å². The van der Waals surface area contributed by atoms with E-state index < -0.39 is 58.1 Å². The number of ether oxygens (including phenoxy) is 1. The van der Waals surface area contributed by atoms with E-state index in [1.165, 1.54) is 6.20 Å². The summed E-state index contributed by atoms with van der Waals surface area (Å²) in [7, 11) is -3.35. The highest BCUT2D eigenvalue weighted by Crippen LogP contribution is 2.50. The highest BCUT2D eigenvalue weighted by molar-refractivity contribution is 7.70. The second-order valence-electron chi connectivity index (χ2n) is 9.46. The summed E-state index contributed by atoms with van der Waals surface area (Å²) in [6.45, 7) is 1.73. The van der Waals surface area contributed by atoms with Crippen LogP contribution in [0.15, 0.2) is 42.7 Å². The van der Waals surface area contributed by atoms with E-state index in [1.54, 1.807) is 24.4 Å². The molecule has 39 heavy (non-hydrogen) atoms. The number of piperidine rings is 1. The van der Waals surface area contributed by atoms with Crippen LogP contribution in [-0.2, 0) is 10.9 Å². The summed E-state index contributed by atoms with van der Waals surface area (Å²) < 4.78 is 88.5. The van der Waals surface area contributed by atoms with E-state index in [4.69, 9.17) is 4.74 Å². The van der Waals surface area contributed by atoms with Gasteiger partial charge in [0, 0.05) is 42.9 Å². The van der Waals surface area contributed by atoms with Gasteiger partial charge in [-0.25, -0.2) is 41.3 Å². The number of nitrogens with zero attached hydrogens (tertiary/aromatic N) is 3. The maximum atomic E-state index is 15.1. The number of nitrogens with one attached hydrogen (secondary N) is 3. The SMILES string of the molecule is O=[SH](=O)NC(c1ccc(Oc2ncccc2-c2ccnc(N[C@H]3CCCNC3)n2)c(F)c1F)C1CCC1(F)F. The lowest BCUT2D eigenvalue weighted by molar-refractivity contribution is -0.143. The molecule has 0 bridgehead atoms. The van der Waals surface area contributed by atoms with E-state index in [1.807, 2.05) is 4.72 Å². The summed E-state index contributed by atoms with van der Waals surface area (Å²) >= 11 is 0. The predicted octanol–water partition coefficient (Wildman–Crippen LogP) is 3.98. The lowest BCUT2D eigenvalue weighted by Gasteiger charge is -2.41. The largest absolute Gasteiger partial charge is 0.435 e. The minimum absolute atomic E-state index is 0.0442. The number of thiol groups is 1. The van der Waals surface area contributed by atoms with E-state index >= 15 is 8.78 Å². The van der Waals surface area contributed by atoms with Gasteiger partial charge in [0.15, 0.2) is 11.6 Å². The fourth-order valence-corrected chi connectivity index (χ4v) is 5.35. The van der Waals surface area contributed by atoms with Gasteiger partial charge in [-0.2, -0.15) is 4.39 Å². The smallest absolute Gasteiger partial charge is 0.252 e. The monoisotopic (exact) mass is 566 g/mol. The van der Waals surface area contributed by atoms with E-state index in [2.05, 4.69) is 25.6 Å². The van der Waals surface area contributed by atoms with Crippen molar-refractivity contribution in [2.45, 2.75) is 43.7 Å². The van der Waals surface area contributed by atoms with Gasteiger partial charge in [0.25, 0.3) is 5.92 Å². The maximum absolute atomic E-state index is 15.1. The van der Waals surface area contributed by atoms with Gasteiger partial charge in [0.1, 0.15) is 0 Å². The molecule has 2 fully saturated rings. The molecule has 5 rings (SSSR count). The lowest BCUT2D eigenvalue weighted by Crippen LogP contribution is -2.46. The molecule has 1 saturated heterocycles. The Morgan fingerprint density at radius 3 is 2.62 bits per heavy atom. The van der Waals surface area contributed by atoms with Gasteiger partial charge < -0.3 is 15.4 Å². The Kier molecular flexibility index (Phi) is 7.96. The van der Waals surface area contributed by atoms with Crippen LogP contribution in [0.2, 0.25) is 0 Å². The highest BCUT2D eigenvalue weighted by atomic mass is 32.2. The van der Waals surface area contributed by atoms with Gasteiger partial charge >= 0.3 is 0 Å². The van der Waals surface area contributed by atoms with Crippen LogP contribution in [0.5, 0.6) is 11.6 Å². The Morgan fingerprint density at radius 1 is 1.08 bits per heavy atom. The van der Waals surface area contributed by atoms with E-state index in [9.17, 15) is 17.2 Å². The van der Waals surface area contributed by atoms with Crippen LogP contribution in [0.4, 0.5) is 23.5 Å². The van der Waals surface area contributed by atoms with E-state index in [0.717, 1.165) is 38.1 Å². The first-order chi connectivity index (χ1) is 18.7. The Bertz CT molecular complexity index is 1410. The molecule has 208 valence electrons. The molecule has 0 spiro atoms. The standard InChI is InChI=1S/C25H26F4N6O3S/c26-20-16(22(35-39(36)37)17-7-9-25(17,28)29)5-6-19(21(20)27)38-23-15(4-2-11-31-23)18-8-12-32-24(34-18)33-14-3-1-10-30-13-14/h2,4-6,8,11-12,14,17,22,30,39H,1,3,7,9-10,13H2,(H,32,33,34)(H,35,36,37)/t14-,17?,22?/m0/s1. The number of halogens is 4. The van der Waals surface area contributed by atoms with Crippen molar-refractivity contribution < 1.29 is 30.7 Å². The molecule has 14 heteroatoms. The molecule has 2 unspecified atom stereocenters. The fraction of sp³-hybridized carbons (Fsp3) is 0.400.